The van der Waals surface area contributed by atoms with Crippen LogP contribution in [-0.4, -0.2) is 39.1 Å². The van der Waals surface area contributed by atoms with Crippen molar-refractivity contribution >= 4 is 0 Å². The second kappa shape index (κ2) is 7.21. The van der Waals surface area contributed by atoms with Crippen LogP contribution in [0.25, 0.3) is 0 Å². The summed E-state index contributed by atoms with van der Waals surface area (Å²) < 4.78 is 15.9. The second-order valence-corrected chi connectivity index (χ2v) is 4.44. The lowest BCUT2D eigenvalue weighted by molar-refractivity contribution is 0.268. The molecule has 0 aromatic heterocycles. The Hall–Kier alpha value is -1.46. The van der Waals surface area contributed by atoms with Gasteiger partial charge in [-0.25, -0.2) is 0 Å². The van der Waals surface area contributed by atoms with E-state index in [-0.39, 0.29) is 18.6 Å². The van der Waals surface area contributed by atoms with Crippen LogP contribution < -0.4 is 19.9 Å². The number of hydrogen-bond donors (Lipinski definition) is 2. The molecule has 1 rings (SSSR count). The van der Waals surface area contributed by atoms with Gasteiger partial charge in [-0.15, -0.1) is 0 Å². The van der Waals surface area contributed by atoms with Gasteiger partial charge in [0.05, 0.1) is 21.3 Å². The van der Waals surface area contributed by atoms with Crippen LogP contribution in [-0.2, 0) is 0 Å². The predicted octanol–water partition coefficient (Wildman–Crippen LogP) is 1.53. The third-order valence-electron chi connectivity index (χ3n) is 3.19. The van der Waals surface area contributed by atoms with E-state index in [0.29, 0.717) is 23.7 Å². The molecule has 0 fully saturated rings. The molecule has 3 N–H and O–H groups in total. The van der Waals surface area contributed by atoms with Crippen LogP contribution in [0.2, 0.25) is 0 Å². The van der Waals surface area contributed by atoms with Gasteiger partial charge in [0.15, 0.2) is 11.5 Å². The van der Waals surface area contributed by atoms with Crippen LogP contribution in [0.4, 0.5) is 0 Å². The summed E-state index contributed by atoms with van der Waals surface area (Å²) in [6, 6.07) is 3.69. The van der Waals surface area contributed by atoms with Gasteiger partial charge in [0.1, 0.15) is 0 Å². The van der Waals surface area contributed by atoms with E-state index in [1.54, 1.807) is 21.3 Å². The molecule has 0 spiro atoms. The van der Waals surface area contributed by atoms with E-state index in [0.717, 1.165) is 5.56 Å². The second-order valence-electron chi connectivity index (χ2n) is 4.44. The normalized spacial score (nSPS) is 13.8. The Labute approximate surface area is 114 Å². The zero-order valence-electron chi connectivity index (χ0n) is 12.0. The molecule has 0 aliphatic carbocycles. The molecular weight excluding hydrogens is 246 g/mol. The van der Waals surface area contributed by atoms with Gasteiger partial charge in [-0.3, -0.25) is 0 Å². The molecule has 0 heterocycles. The lowest BCUT2D eigenvalue weighted by Crippen LogP contribution is -2.25. The summed E-state index contributed by atoms with van der Waals surface area (Å²) in [6.45, 7) is 2.01. The lowest BCUT2D eigenvalue weighted by Gasteiger charge is -2.22. The number of hydrogen-bond acceptors (Lipinski definition) is 5. The Morgan fingerprint density at radius 3 is 1.95 bits per heavy atom. The van der Waals surface area contributed by atoms with Crippen LogP contribution >= 0.6 is 0 Å². The van der Waals surface area contributed by atoms with Crippen molar-refractivity contribution in [3.63, 3.8) is 0 Å². The monoisotopic (exact) mass is 269 g/mol. The molecule has 0 bridgehead atoms. The fourth-order valence-corrected chi connectivity index (χ4v) is 2.19. The average Bonchev–Trinajstić information content (AvgIpc) is 2.42. The first-order valence-electron chi connectivity index (χ1n) is 6.25. The molecule has 2 unspecified atom stereocenters. The Morgan fingerprint density at radius 2 is 1.63 bits per heavy atom. The lowest BCUT2D eigenvalue weighted by atomic mass is 9.89. The maximum Gasteiger partial charge on any atom is 0.203 e. The molecule has 0 aliphatic rings. The van der Waals surface area contributed by atoms with Crippen molar-refractivity contribution in [2.75, 3.05) is 27.9 Å². The van der Waals surface area contributed by atoms with E-state index in [1.165, 1.54) is 0 Å². The number of rotatable bonds is 7. The Bertz CT molecular complexity index is 381. The van der Waals surface area contributed by atoms with Gasteiger partial charge in [-0.2, -0.15) is 0 Å². The summed E-state index contributed by atoms with van der Waals surface area (Å²) in [6.07, 6.45) is 0.594. The predicted molar refractivity (Wildman–Crippen MR) is 74.2 cm³/mol. The molecule has 1 aromatic rings. The fourth-order valence-electron chi connectivity index (χ4n) is 2.19. The number of nitrogens with two attached hydrogens (primary N) is 1. The first kappa shape index (κ1) is 15.6. The average molecular weight is 269 g/mol. The van der Waals surface area contributed by atoms with Crippen molar-refractivity contribution in [2.45, 2.75) is 25.3 Å². The number of aliphatic hydroxyl groups excluding tert-OH is 1. The van der Waals surface area contributed by atoms with E-state index in [1.807, 2.05) is 19.1 Å². The minimum absolute atomic E-state index is 0.0405. The van der Waals surface area contributed by atoms with Gasteiger partial charge in [0.2, 0.25) is 5.75 Å². The highest BCUT2D eigenvalue weighted by Crippen LogP contribution is 2.40. The van der Waals surface area contributed by atoms with E-state index in [2.05, 4.69) is 0 Å². The standard InChI is InChI=1S/C14H23NO4/c1-9(15)11(5-6-16)10-7-12(17-2)14(19-4)13(8-10)18-3/h7-9,11,16H,5-6,15H2,1-4H3. The highest BCUT2D eigenvalue weighted by atomic mass is 16.5. The van der Waals surface area contributed by atoms with Crippen LogP contribution in [0.1, 0.15) is 24.8 Å². The molecule has 0 saturated carbocycles. The quantitative estimate of drug-likeness (QED) is 0.785. The Kier molecular flexibility index (Phi) is 5.92. The van der Waals surface area contributed by atoms with Crippen LogP contribution in [0, 0.1) is 0 Å². The molecule has 2 atom stereocenters. The molecule has 0 aliphatic heterocycles. The van der Waals surface area contributed by atoms with Crippen LogP contribution in [0.3, 0.4) is 0 Å². The summed E-state index contributed by atoms with van der Waals surface area (Å²) in [7, 11) is 4.72. The topological polar surface area (TPSA) is 73.9 Å². The summed E-state index contributed by atoms with van der Waals surface area (Å²) in [5, 5.41) is 9.16. The van der Waals surface area contributed by atoms with Gasteiger partial charge < -0.3 is 25.1 Å². The van der Waals surface area contributed by atoms with E-state index < -0.39 is 0 Å². The van der Waals surface area contributed by atoms with Crippen molar-refractivity contribution in [1.29, 1.82) is 0 Å². The molecule has 19 heavy (non-hydrogen) atoms. The molecule has 0 saturated heterocycles. The van der Waals surface area contributed by atoms with E-state index in [9.17, 15) is 0 Å². The van der Waals surface area contributed by atoms with Crippen molar-refractivity contribution in [2.24, 2.45) is 5.73 Å². The molecule has 5 heteroatoms. The van der Waals surface area contributed by atoms with Gasteiger partial charge in [0, 0.05) is 18.6 Å². The third-order valence-corrected chi connectivity index (χ3v) is 3.19. The summed E-state index contributed by atoms with van der Waals surface area (Å²) in [5.41, 5.74) is 6.96. The van der Waals surface area contributed by atoms with Crippen molar-refractivity contribution < 1.29 is 19.3 Å². The molecule has 1 aromatic carbocycles. The number of ether oxygens (including phenoxy) is 3. The van der Waals surface area contributed by atoms with Crippen molar-refractivity contribution in [3.8, 4) is 17.2 Å². The molecule has 0 amide bonds. The number of methoxy groups -OCH3 is 3. The smallest absolute Gasteiger partial charge is 0.203 e. The van der Waals surface area contributed by atoms with E-state index >= 15 is 0 Å². The van der Waals surface area contributed by atoms with Crippen LogP contribution in [0.5, 0.6) is 17.2 Å². The first-order valence-corrected chi connectivity index (χ1v) is 6.25. The largest absolute Gasteiger partial charge is 0.493 e. The highest BCUT2D eigenvalue weighted by molar-refractivity contribution is 5.54. The van der Waals surface area contributed by atoms with Gasteiger partial charge in [-0.05, 0) is 31.0 Å². The molecule has 5 nitrogen and oxygen atoms in total. The molecule has 108 valence electrons. The maximum atomic E-state index is 9.16. The maximum absolute atomic E-state index is 9.16. The number of aliphatic hydroxyl groups is 1. The zero-order valence-corrected chi connectivity index (χ0v) is 12.0. The molecular formula is C14H23NO4. The van der Waals surface area contributed by atoms with E-state index in [4.69, 9.17) is 25.1 Å². The fraction of sp³-hybridized carbons (Fsp3) is 0.571. The summed E-state index contributed by atoms with van der Waals surface area (Å²) >= 11 is 0. The van der Waals surface area contributed by atoms with Gasteiger partial charge >= 0.3 is 0 Å². The number of benzene rings is 1. The minimum atomic E-state index is -0.0741. The first-order chi connectivity index (χ1) is 9.08. The summed E-state index contributed by atoms with van der Waals surface area (Å²) in [4.78, 5) is 0. The van der Waals surface area contributed by atoms with Crippen LogP contribution in [0.15, 0.2) is 12.1 Å². The zero-order chi connectivity index (χ0) is 14.4. The van der Waals surface area contributed by atoms with Crippen molar-refractivity contribution in [3.05, 3.63) is 17.7 Å². The minimum Gasteiger partial charge on any atom is -0.493 e. The van der Waals surface area contributed by atoms with Crippen molar-refractivity contribution in [1.82, 2.24) is 0 Å². The Morgan fingerprint density at radius 1 is 1.11 bits per heavy atom. The molecule has 0 radical (unpaired) electrons. The highest BCUT2D eigenvalue weighted by Gasteiger charge is 2.21. The third kappa shape index (κ3) is 3.52. The summed E-state index contributed by atoms with van der Waals surface area (Å²) in [5.74, 6) is 1.79. The van der Waals surface area contributed by atoms with Gasteiger partial charge in [0.25, 0.3) is 0 Å². The van der Waals surface area contributed by atoms with Gasteiger partial charge in [-0.1, -0.05) is 0 Å². The Balaban J connectivity index is 3.27. The SMILES string of the molecule is COc1cc(C(CCO)C(C)N)cc(OC)c1OC.